The minimum absolute atomic E-state index is 0.271. The topological polar surface area (TPSA) is 43.4 Å². The molecule has 0 aromatic heterocycles. The zero-order valence-electron chi connectivity index (χ0n) is 33.1. The van der Waals surface area contributed by atoms with E-state index < -0.39 is 0 Å². The third kappa shape index (κ3) is 35.4. The van der Waals surface area contributed by atoms with E-state index in [0.717, 1.165) is 39.1 Å². The van der Waals surface area contributed by atoms with Crippen LogP contribution < -0.4 is 0 Å². The van der Waals surface area contributed by atoms with Crippen molar-refractivity contribution in [2.24, 2.45) is 5.41 Å². The maximum absolute atomic E-state index is 6.36. The summed E-state index contributed by atoms with van der Waals surface area (Å²) < 4.78 is 25.2. The van der Waals surface area contributed by atoms with Gasteiger partial charge in [-0.1, -0.05) is 155 Å². The minimum Gasteiger partial charge on any atom is -0.381 e. The van der Waals surface area contributed by atoms with E-state index in [1.54, 1.807) is 0 Å². The number of unbranched alkanes of at least 4 members (excludes halogenated alkanes) is 22. The van der Waals surface area contributed by atoms with Crippen LogP contribution >= 0.6 is 0 Å². The van der Waals surface area contributed by atoms with Gasteiger partial charge < -0.3 is 28.7 Å². The average Bonchev–Trinajstić information content (AvgIpc) is 3.05. The smallest absolute Gasteiger partial charge is 0.0637 e. The van der Waals surface area contributed by atoms with Crippen molar-refractivity contribution in [3.05, 3.63) is 0 Å². The molecule has 0 amide bonds. The lowest BCUT2D eigenvalue weighted by Crippen LogP contribution is -2.43. The van der Waals surface area contributed by atoms with Crippen LogP contribution in [-0.4, -0.2) is 104 Å². The van der Waals surface area contributed by atoms with Gasteiger partial charge in [-0.05, 0) is 41.0 Å². The zero-order chi connectivity index (χ0) is 34.5. The summed E-state index contributed by atoms with van der Waals surface area (Å²) in [6, 6.07) is 0. The van der Waals surface area contributed by atoms with Crippen molar-refractivity contribution in [1.82, 2.24) is 9.80 Å². The monoisotopic (exact) mass is 671 g/mol. The van der Waals surface area contributed by atoms with Crippen molar-refractivity contribution in [3.63, 3.8) is 0 Å². The van der Waals surface area contributed by atoms with Crippen LogP contribution in [0.2, 0.25) is 0 Å². The lowest BCUT2D eigenvalue weighted by Gasteiger charge is -2.33. The summed E-state index contributed by atoms with van der Waals surface area (Å²) in [5, 5.41) is 0. The first kappa shape index (κ1) is 46.8. The molecular formula is C41H86N2O4. The van der Waals surface area contributed by atoms with Crippen molar-refractivity contribution >= 4 is 0 Å². The van der Waals surface area contributed by atoms with Gasteiger partial charge in [0.05, 0.1) is 45.1 Å². The molecule has 6 heteroatoms. The van der Waals surface area contributed by atoms with E-state index in [0.29, 0.717) is 39.6 Å². The molecule has 0 aliphatic carbocycles. The van der Waals surface area contributed by atoms with E-state index in [9.17, 15) is 0 Å². The van der Waals surface area contributed by atoms with Crippen LogP contribution in [0.1, 0.15) is 168 Å². The van der Waals surface area contributed by atoms with Crippen LogP contribution in [0.15, 0.2) is 0 Å². The lowest BCUT2D eigenvalue weighted by molar-refractivity contribution is -0.108. The van der Waals surface area contributed by atoms with Gasteiger partial charge in [-0.15, -0.1) is 0 Å². The fourth-order valence-electron chi connectivity index (χ4n) is 5.99. The molecule has 0 aromatic carbocycles. The standard InChI is InChI=1S/C41H86N2O4/c1-7-9-11-13-15-17-19-21-23-25-27-29-33-44-37-41(39-46-35-31-42(3)4,40-47-36-32-43(5)6)38-45-34-30-28-26-24-22-20-18-16-14-12-10-8-2/h7-40H2,1-6H3. The molecule has 0 spiro atoms. The SMILES string of the molecule is CCCCCCCCCCCCCCOCC(COCCCCCCCCCCCCCC)(COCCN(C)C)COCCN(C)C. The molecule has 0 heterocycles. The summed E-state index contributed by atoms with van der Waals surface area (Å²) in [5.41, 5.74) is -0.271. The number of ether oxygens (including phenoxy) is 4. The molecule has 284 valence electrons. The quantitative estimate of drug-likeness (QED) is 0.0605. The maximum Gasteiger partial charge on any atom is 0.0637 e. The van der Waals surface area contributed by atoms with Crippen LogP contribution in [0, 0.1) is 5.41 Å². The molecule has 0 fully saturated rings. The molecule has 0 bridgehead atoms. The van der Waals surface area contributed by atoms with Gasteiger partial charge in [-0.2, -0.15) is 0 Å². The molecule has 6 nitrogen and oxygen atoms in total. The molecule has 0 radical (unpaired) electrons. The molecule has 0 aliphatic rings. The highest BCUT2D eigenvalue weighted by Gasteiger charge is 2.32. The van der Waals surface area contributed by atoms with E-state index in [4.69, 9.17) is 18.9 Å². The number of nitrogens with zero attached hydrogens (tertiary/aromatic N) is 2. The molecule has 0 saturated heterocycles. The summed E-state index contributed by atoms with van der Waals surface area (Å²) in [7, 11) is 8.37. The van der Waals surface area contributed by atoms with Gasteiger partial charge in [0, 0.05) is 26.3 Å². The van der Waals surface area contributed by atoms with Crippen molar-refractivity contribution in [1.29, 1.82) is 0 Å². The molecule has 0 unspecified atom stereocenters. The highest BCUT2D eigenvalue weighted by atomic mass is 16.5. The largest absolute Gasteiger partial charge is 0.381 e. The Balaban J connectivity index is 4.49. The summed E-state index contributed by atoms with van der Waals surface area (Å²) in [6.45, 7) is 11.9. The third-order valence-corrected chi connectivity index (χ3v) is 9.28. The second-order valence-corrected chi connectivity index (χ2v) is 15.1. The molecule has 0 aliphatic heterocycles. The number of rotatable bonds is 40. The fourth-order valence-corrected chi connectivity index (χ4v) is 5.99. The lowest BCUT2D eigenvalue weighted by atomic mass is 9.92. The van der Waals surface area contributed by atoms with E-state index >= 15 is 0 Å². The van der Waals surface area contributed by atoms with Crippen LogP contribution in [0.5, 0.6) is 0 Å². The van der Waals surface area contributed by atoms with E-state index in [-0.39, 0.29) is 5.41 Å². The summed E-state index contributed by atoms with van der Waals surface area (Å²) >= 11 is 0. The van der Waals surface area contributed by atoms with Gasteiger partial charge in [0.2, 0.25) is 0 Å². The van der Waals surface area contributed by atoms with E-state index in [1.165, 1.54) is 141 Å². The van der Waals surface area contributed by atoms with Crippen LogP contribution in [-0.2, 0) is 18.9 Å². The predicted molar refractivity (Wildman–Crippen MR) is 205 cm³/mol. The molecular weight excluding hydrogens is 584 g/mol. The van der Waals surface area contributed by atoms with Gasteiger partial charge in [-0.3, -0.25) is 0 Å². The molecule has 0 saturated carbocycles. The Hall–Kier alpha value is -0.240. The summed E-state index contributed by atoms with van der Waals surface area (Å²) in [5.74, 6) is 0. The van der Waals surface area contributed by atoms with Crippen molar-refractivity contribution in [3.8, 4) is 0 Å². The molecule has 47 heavy (non-hydrogen) atoms. The van der Waals surface area contributed by atoms with Gasteiger partial charge in [0.25, 0.3) is 0 Å². The Morgan fingerprint density at radius 1 is 0.319 bits per heavy atom. The normalized spacial score (nSPS) is 12.3. The number of hydrogen-bond acceptors (Lipinski definition) is 6. The first-order valence-electron chi connectivity index (χ1n) is 20.6. The number of likely N-dealkylation sites (N-methyl/N-ethyl adjacent to an activating group) is 2. The van der Waals surface area contributed by atoms with Gasteiger partial charge in [0.1, 0.15) is 0 Å². The highest BCUT2D eigenvalue weighted by molar-refractivity contribution is 4.80. The van der Waals surface area contributed by atoms with Crippen LogP contribution in [0.4, 0.5) is 0 Å². The molecule has 0 atom stereocenters. The zero-order valence-corrected chi connectivity index (χ0v) is 33.1. The predicted octanol–water partition coefficient (Wildman–Crippen LogP) is 10.6. The Labute approximate surface area is 295 Å². The van der Waals surface area contributed by atoms with Gasteiger partial charge in [-0.25, -0.2) is 0 Å². The Kier molecular flexibility index (Phi) is 36.8. The van der Waals surface area contributed by atoms with Gasteiger partial charge >= 0.3 is 0 Å². The summed E-state index contributed by atoms with van der Waals surface area (Å²) in [6.07, 6.45) is 32.7. The minimum atomic E-state index is -0.271. The molecule has 0 rings (SSSR count). The van der Waals surface area contributed by atoms with E-state index in [2.05, 4.69) is 51.8 Å². The number of hydrogen-bond donors (Lipinski definition) is 0. The van der Waals surface area contributed by atoms with E-state index in [1.807, 2.05) is 0 Å². The second kappa shape index (κ2) is 37.0. The average molecular weight is 671 g/mol. The van der Waals surface area contributed by atoms with Crippen molar-refractivity contribution < 1.29 is 18.9 Å². The highest BCUT2D eigenvalue weighted by Crippen LogP contribution is 2.22. The fraction of sp³-hybridized carbons (Fsp3) is 1.00. The van der Waals surface area contributed by atoms with Crippen molar-refractivity contribution in [2.45, 2.75) is 168 Å². The molecule has 0 aromatic rings. The van der Waals surface area contributed by atoms with Crippen LogP contribution in [0.25, 0.3) is 0 Å². The first-order valence-corrected chi connectivity index (χ1v) is 20.6. The second-order valence-electron chi connectivity index (χ2n) is 15.1. The first-order chi connectivity index (χ1) is 23.0. The van der Waals surface area contributed by atoms with Crippen molar-refractivity contribution in [2.75, 3.05) is 94.1 Å². The summed E-state index contributed by atoms with van der Waals surface area (Å²) in [4.78, 5) is 4.34. The molecule has 0 N–H and O–H groups in total. The Morgan fingerprint density at radius 3 is 0.809 bits per heavy atom. The third-order valence-electron chi connectivity index (χ3n) is 9.28. The Morgan fingerprint density at radius 2 is 0.553 bits per heavy atom. The Bertz CT molecular complexity index is 540. The van der Waals surface area contributed by atoms with Crippen LogP contribution in [0.3, 0.4) is 0 Å². The maximum atomic E-state index is 6.36. The van der Waals surface area contributed by atoms with Gasteiger partial charge in [0.15, 0.2) is 0 Å².